The molecule has 4 heteroatoms. The average Bonchev–Trinajstić information content (AvgIpc) is 1.72. The number of carboxylic acids is 1. The summed E-state index contributed by atoms with van der Waals surface area (Å²) in [5, 5.41) is 10.4. The summed E-state index contributed by atoms with van der Waals surface area (Å²) in [4.78, 5) is 20.4. The molecule has 0 aromatic heterocycles. The van der Waals surface area contributed by atoms with Crippen LogP contribution in [0.4, 0.5) is 0 Å². The van der Waals surface area contributed by atoms with Crippen molar-refractivity contribution in [2.75, 3.05) is 0 Å². The minimum Gasteiger partial charge on any atom is -0.481 e. The molecule has 0 spiro atoms. The predicted octanol–water partition coefficient (Wildman–Crippen LogP) is 2.43. The van der Waals surface area contributed by atoms with Crippen molar-refractivity contribution in [3.05, 3.63) is 0 Å². The molecule has 0 aliphatic carbocycles. The van der Waals surface area contributed by atoms with Gasteiger partial charge in [0.2, 0.25) is 5.91 Å². The summed E-state index contributed by atoms with van der Waals surface area (Å²) in [5.41, 5.74) is -0.0301. The Kier molecular flexibility index (Phi) is 7.05. The van der Waals surface area contributed by atoms with Gasteiger partial charge in [-0.15, -0.1) is 0 Å². The fraction of sp³-hybridized carbons (Fsp3) is 0.833. The monoisotopic (exact) mass is 231 g/mol. The molecule has 0 rings (SSSR count). The summed E-state index contributed by atoms with van der Waals surface area (Å²) in [6.45, 7) is 13.3. The molecule has 16 heavy (non-hydrogen) atoms. The van der Waals surface area contributed by atoms with Crippen molar-refractivity contribution in [2.24, 2.45) is 5.41 Å². The smallest absolute Gasteiger partial charge is 0.300 e. The summed E-state index contributed by atoms with van der Waals surface area (Å²) in [6.07, 6.45) is 0.588. The highest BCUT2D eigenvalue weighted by Crippen LogP contribution is 2.18. The number of nitrogens with one attached hydrogen (secondary N) is 1. The van der Waals surface area contributed by atoms with E-state index in [0.717, 1.165) is 6.92 Å². The normalized spacial score (nSPS) is 11.2. The topological polar surface area (TPSA) is 66.4 Å². The van der Waals surface area contributed by atoms with Crippen LogP contribution in [0.5, 0.6) is 0 Å². The molecule has 0 saturated carbocycles. The molecule has 0 bridgehead atoms. The molecular weight excluding hydrogens is 206 g/mol. The van der Waals surface area contributed by atoms with Crippen molar-refractivity contribution >= 4 is 11.9 Å². The van der Waals surface area contributed by atoms with Crippen LogP contribution in [-0.4, -0.2) is 22.5 Å². The van der Waals surface area contributed by atoms with Crippen LogP contribution in [0, 0.1) is 5.41 Å². The molecule has 0 aromatic rings. The summed E-state index contributed by atoms with van der Waals surface area (Å²) in [7, 11) is 0. The van der Waals surface area contributed by atoms with E-state index in [-0.39, 0.29) is 16.9 Å². The molecule has 0 heterocycles. The Labute approximate surface area is 98.4 Å². The van der Waals surface area contributed by atoms with Crippen LogP contribution >= 0.6 is 0 Å². The molecule has 0 unspecified atom stereocenters. The largest absolute Gasteiger partial charge is 0.481 e. The second kappa shape index (κ2) is 6.51. The quantitative estimate of drug-likeness (QED) is 0.728. The maximum atomic E-state index is 11.4. The van der Waals surface area contributed by atoms with Crippen LogP contribution in [-0.2, 0) is 9.59 Å². The van der Waals surface area contributed by atoms with E-state index in [9.17, 15) is 4.79 Å². The maximum absolute atomic E-state index is 11.4. The number of carboxylic acid groups (broad SMARTS) is 1. The lowest BCUT2D eigenvalue weighted by atomic mass is 9.91. The molecule has 0 aliphatic rings. The molecule has 2 N–H and O–H groups in total. The van der Waals surface area contributed by atoms with Gasteiger partial charge in [-0.2, -0.15) is 0 Å². The highest BCUT2D eigenvalue weighted by Gasteiger charge is 2.19. The van der Waals surface area contributed by atoms with Crippen LogP contribution in [0.25, 0.3) is 0 Å². The van der Waals surface area contributed by atoms with Crippen molar-refractivity contribution in [3.8, 4) is 0 Å². The van der Waals surface area contributed by atoms with Crippen LogP contribution in [0.2, 0.25) is 0 Å². The van der Waals surface area contributed by atoms with Gasteiger partial charge in [0.25, 0.3) is 5.97 Å². The molecule has 0 aliphatic heterocycles. The van der Waals surface area contributed by atoms with Crippen molar-refractivity contribution < 1.29 is 14.7 Å². The Balaban J connectivity index is 0. The van der Waals surface area contributed by atoms with Gasteiger partial charge in [-0.05, 0) is 26.2 Å². The molecule has 0 aromatic carbocycles. The number of rotatable bonds is 1. The van der Waals surface area contributed by atoms with Gasteiger partial charge in [0.1, 0.15) is 0 Å². The minimum absolute atomic E-state index is 0.0787. The zero-order valence-electron chi connectivity index (χ0n) is 11.5. The van der Waals surface area contributed by atoms with Gasteiger partial charge in [0, 0.05) is 18.9 Å². The lowest BCUT2D eigenvalue weighted by Crippen LogP contribution is -2.41. The first-order chi connectivity index (χ1) is 6.83. The second-order valence-electron chi connectivity index (χ2n) is 6.05. The van der Waals surface area contributed by atoms with Gasteiger partial charge in [0.05, 0.1) is 0 Å². The maximum Gasteiger partial charge on any atom is 0.300 e. The predicted molar refractivity (Wildman–Crippen MR) is 65.3 cm³/mol. The fourth-order valence-electron chi connectivity index (χ4n) is 0.944. The van der Waals surface area contributed by atoms with Crippen molar-refractivity contribution in [1.82, 2.24) is 5.32 Å². The van der Waals surface area contributed by atoms with E-state index in [2.05, 4.69) is 26.1 Å². The van der Waals surface area contributed by atoms with E-state index in [0.29, 0.717) is 6.42 Å². The first-order valence-corrected chi connectivity index (χ1v) is 5.34. The van der Waals surface area contributed by atoms with E-state index in [1.165, 1.54) is 0 Å². The lowest BCUT2D eigenvalue weighted by Gasteiger charge is -2.24. The van der Waals surface area contributed by atoms with E-state index in [1.54, 1.807) is 0 Å². The Bertz CT molecular complexity index is 212. The third-order valence-corrected chi connectivity index (χ3v) is 1.21. The molecule has 1 amide bonds. The Morgan fingerprint density at radius 2 is 1.38 bits per heavy atom. The molecule has 0 radical (unpaired) electrons. The molecule has 0 atom stereocenters. The van der Waals surface area contributed by atoms with E-state index in [4.69, 9.17) is 9.90 Å². The number of carbonyl (C=O) groups is 2. The van der Waals surface area contributed by atoms with Gasteiger partial charge in [-0.1, -0.05) is 20.8 Å². The van der Waals surface area contributed by atoms with Crippen molar-refractivity contribution in [3.63, 3.8) is 0 Å². The fourth-order valence-corrected chi connectivity index (χ4v) is 0.944. The van der Waals surface area contributed by atoms with Gasteiger partial charge in [-0.25, -0.2) is 0 Å². The van der Waals surface area contributed by atoms with Crippen LogP contribution < -0.4 is 5.32 Å². The van der Waals surface area contributed by atoms with Crippen LogP contribution in [0.3, 0.4) is 0 Å². The zero-order valence-corrected chi connectivity index (χ0v) is 11.5. The molecular formula is C12H25NO3. The number of amides is 1. The van der Waals surface area contributed by atoms with Crippen LogP contribution in [0.1, 0.15) is 54.9 Å². The van der Waals surface area contributed by atoms with Crippen molar-refractivity contribution in [2.45, 2.75) is 60.4 Å². The standard InChI is InChI=1S/C10H21NO.C2H4O2/c1-9(2,3)7-8(12)11-10(4,5)6;1-2(3)4/h7H2,1-6H3,(H,11,12);1H3,(H,3,4). The van der Waals surface area contributed by atoms with E-state index in [1.807, 2.05) is 20.8 Å². The lowest BCUT2D eigenvalue weighted by molar-refractivity contribution is -0.134. The number of aliphatic carboxylic acids is 1. The third kappa shape index (κ3) is 23.1. The number of carbonyl (C=O) groups excluding carboxylic acids is 1. The average molecular weight is 231 g/mol. The Morgan fingerprint density at radius 3 is 1.56 bits per heavy atom. The highest BCUT2D eigenvalue weighted by molar-refractivity contribution is 5.77. The molecule has 4 nitrogen and oxygen atoms in total. The minimum atomic E-state index is -0.833. The Hall–Kier alpha value is -1.06. The Morgan fingerprint density at radius 1 is 1.06 bits per heavy atom. The number of hydrogen-bond donors (Lipinski definition) is 2. The van der Waals surface area contributed by atoms with Gasteiger partial charge in [-0.3, -0.25) is 9.59 Å². The number of hydrogen-bond acceptors (Lipinski definition) is 2. The highest BCUT2D eigenvalue weighted by atomic mass is 16.4. The first kappa shape index (κ1) is 17.3. The second-order valence-corrected chi connectivity index (χ2v) is 6.05. The van der Waals surface area contributed by atoms with Crippen molar-refractivity contribution in [1.29, 1.82) is 0 Å². The van der Waals surface area contributed by atoms with E-state index < -0.39 is 5.97 Å². The van der Waals surface area contributed by atoms with Gasteiger partial charge < -0.3 is 10.4 Å². The summed E-state index contributed by atoms with van der Waals surface area (Å²) in [5.74, 6) is -0.699. The molecule has 0 fully saturated rings. The molecule has 96 valence electrons. The SMILES string of the molecule is CC(=O)O.CC(C)(C)CC(=O)NC(C)(C)C. The molecule has 0 saturated heterocycles. The van der Waals surface area contributed by atoms with Crippen LogP contribution in [0.15, 0.2) is 0 Å². The van der Waals surface area contributed by atoms with Gasteiger partial charge in [0.15, 0.2) is 0 Å². The summed E-state index contributed by atoms with van der Waals surface area (Å²) < 4.78 is 0. The third-order valence-electron chi connectivity index (χ3n) is 1.21. The van der Waals surface area contributed by atoms with E-state index >= 15 is 0 Å². The van der Waals surface area contributed by atoms with Gasteiger partial charge >= 0.3 is 0 Å². The zero-order chi connectivity index (χ0) is 13.6. The summed E-state index contributed by atoms with van der Waals surface area (Å²) >= 11 is 0. The summed E-state index contributed by atoms with van der Waals surface area (Å²) in [6, 6.07) is 0. The first-order valence-electron chi connectivity index (χ1n) is 5.34.